The molecule has 1 amide bonds. The van der Waals surface area contributed by atoms with Crippen LogP contribution < -0.4 is 0 Å². The number of rotatable bonds is 8. The lowest BCUT2D eigenvalue weighted by atomic mass is 10.1. The number of hydrogen-bond acceptors (Lipinski definition) is 2. The van der Waals surface area contributed by atoms with Gasteiger partial charge in [-0.2, -0.15) is 0 Å². The average molecular weight is 263 g/mol. The quantitative estimate of drug-likeness (QED) is 0.732. The number of unbranched alkanes of at least 4 members (excludes halogenated alkanes) is 2. The normalized spacial score (nSPS) is 10.5. The zero-order valence-corrected chi connectivity index (χ0v) is 12.1. The van der Waals surface area contributed by atoms with Crippen molar-refractivity contribution >= 4 is 5.91 Å². The van der Waals surface area contributed by atoms with Crippen molar-refractivity contribution in [2.75, 3.05) is 20.2 Å². The highest BCUT2D eigenvalue weighted by molar-refractivity contribution is 5.76. The fourth-order valence-electron chi connectivity index (χ4n) is 1.96. The summed E-state index contributed by atoms with van der Waals surface area (Å²) in [5.41, 5.74) is 2.46. The summed E-state index contributed by atoms with van der Waals surface area (Å²) >= 11 is 0. The second-order valence-electron chi connectivity index (χ2n) is 5.09. The number of aliphatic hydroxyl groups is 1. The van der Waals surface area contributed by atoms with Crippen molar-refractivity contribution in [3.63, 3.8) is 0 Å². The van der Waals surface area contributed by atoms with Crippen molar-refractivity contribution in [1.82, 2.24) is 4.90 Å². The molecule has 3 heteroatoms. The van der Waals surface area contributed by atoms with E-state index in [1.807, 2.05) is 7.05 Å². The van der Waals surface area contributed by atoms with Gasteiger partial charge >= 0.3 is 0 Å². The maximum Gasteiger partial charge on any atom is 0.222 e. The molecule has 0 fully saturated rings. The third kappa shape index (κ3) is 6.39. The lowest BCUT2D eigenvalue weighted by molar-refractivity contribution is -0.129. The van der Waals surface area contributed by atoms with Gasteiger partial charge in [-0.1, -0.05) is 29.8 Å². The van der Waals surface area contributed by atoms with E-state index >= 15 is 0 Å². The van der Waals surface area contributed by atoms with Crippen LogP contribution in [0.2, 0.25) is 0 Å². The Balaban J connectivity index is 2.24. The van der Waals surface area contributed by atoms with Crippen LogP contribution in [0.15, 0.2) is 24.3 Å². The number of nitrogens with zero attached hydrogens (tertiary/aromatic N) is 1. The summed E-state index contributed by atoms with van der Waals surface area (Å²) in [7, 11) is 1.86. The van der Waals surface area contributed by atoms with Gasteiger partial charge in [0.25, 0.3) is 0 Å². The molecule has 0 atom stereocenters. The topological polar surface area (TPSA) is 40.5 Å². The van der Waals surface area contributed by atoms with Crippen LogP contribution in [0.3, 0.4) is 0 Å². The SMILES string of the molecule is Cc1ccc(CCC(=O)N(C)CCCCCO)cc1. The number of benzene rings is 1. The largest absolute Gasteiger partial charge is 0.396 e. The van der Waals surface area contributed by atoms with Crippen molar-refractivity contribution in [1.29, 1.82) is 0 Å². The van der Waals surface area contributed by atoms with Crippen LogP contribution in [-0.4, -0.2) is 36.1 Å². The zero-order chi connectivity index (χ0) is 14.1. The molecule has 0 aliphatic heterocycles. The van der Waals surface area contributed by atoms with Crippen molar-refractivity contribution in [2.45, 2.75) is 39.0 Å². The van der Waals surface area contributed by atoms with Crippen molar-refractivity contribution in [3.05, 3.63) is 35.4 Å². The van der Waals surface area contributed by atoms with Crippen molar-refractivity contribution in [2.24, 2.45) is 0 Å². The average Bonchev–Trinajstić information content (AvgIpc) is 2.42. The molecule has 0 bridgehead atoms. The number of amides is 1. The molecule has 1 aromatic rings. The first-order valence-corrected chi connectivity index (χ1v) is 7.04. The molecular formula is C16H25NO2. The summed E-state index contributed by atoms with van der Waals surface area (Å²) < 4.78 is 0. The monoisotopic (exact) mass is 263 g/mol. The third-order valence-corrected chi connectivity index (χ3v) is 3.33. The maximum absolute atomic E-state index is 11.9. The summed E-state index contributed by atoms with van der Waals surface area (Å²) in [6.07, 6.45) is 4.14. The van der Waals surface area contributed by atoms with E-state index in [4.69, 9.17) is 5.11 Å². The van der Waals surface area contributed by atoms with Gasteiger partial charge in [-0.15, -0.1) is 0 Å². The Morgan fingerprint density at radius 3 is 2.47 bits per heavy atom. The molecule has 0 aliphatic rings. The summed E-state index contributed by atoms with van der Waals surface area (Å²) in [4.78, 5) is 13.7. The minimum absolute atomic E-state index is 0.199. The first-order chi connectivity index (χ1) is 9.13. The Bertz CT molecular complexity index is 373. The zero-order valence-electron chi connectivity index (χ0n) is 12.1. The third-order valence-electron chi connectivity index (χ3n) is 3.33. The minimum Gasteiger partial charge on any atom is -0.396 e. The number of carbonyl (C=O) groups excluding carboxylic acids is 1. The Morgan fingerprint density at radius 2 is 1.84 bits per heavy atom. The fourth-order valence-corrected chi connectivity index (χ4v) is 1.96. The molecule has 0 heterocycles. The van der Waals surface area contributed by atoms with Gasteiger partial charge in [0.2, 0.25) is 5.91 Å². The van der Waals surface area contributed by atoms with Gasteiger partial charge in [-0.3, -0.25) is 4.79 Å². The first-order valence-electron chi connectivity index (χ1n) is 7.04. The summed E-state index contributed by atoms with van der Waals surface area (Å²) in [5.74, 6) is 0.199. The molecule has 1 rings (SSSR count). The molecule has 0 saturated heterocycles. The van der Waals surface area contributed by atoms with Crippen LogP contribution in [0.1, 0.15) is 36.8 Å². The molecule has 1 N–H and O–H groups in total. The van der Waals surface area contributed by atoms with E-state index in [0.29, 0.717) is 6.42 Å². The number of aryl methyl sites for hydroxylation is 2. The van der Waals surface area contributed by atoms with Gasteiger partial charge < -0.3 is 10.0 Å². The molecule has 0 aromatic heterocycles. The number of hydrogen-bond donors (Lipinski definition) is 1. The van der Waals surface area contributed by atoms with Gasteiger partial charge in [0.05, 0.1) is 0 Å². The lowest BCUT2D eigenvalue weighted by Gasteiger charge is -2.17. The van der Waals surface area contributed by atoms with Crippen LogP contribution in [0, 0.1) is 6.92 Å². The van der Waals surface area contributed by atoms with E-state index in [1.54, 1.807) is 4.90 Å². The van der Waals surface area contributed by atoms with Gasteiger partial charge in [-0.25, -0.2) is 0 Å². The minimum atomic E-state index is 0.199. The maximum atomic E-state index is 11.9. The Morgan fingerprint density at radius 1 is 1.16 bits per heavy atom. The van der Waals surface area contributed by atoms with Crippen LogP contribution in [0.25, 0.3) is 0 Å². The highest BCUT2D eigenvalue weighted by atomic mass is 16.2. The van der Waals surface area contributed by atoms with E-state index in [0.717, 1.165) is 32.2 Å². The molecular weight excluding hydrogens is 238 g/mol. The predicted molar refractivity (Wildman–Crippen MR) is 78.1 cm³/mol. The van der Waals surface area contributed by atoms with E-state index in [-0.39, 0.29) is 12.5 Å². The Labute approximate surface area is 116 Å². The highest BCUT2D eigenvalue weighted by Gasteiger charge is 2.08. The van der Waals surface area contributed by atoms with Gasteiger partial charge in [0.15, 0.2) is 0 Å². The molecule has 0 spiro atoms. The lowest BCUT2D eigenvalue weighted by Crippen LogP contribution is -2.27. The number of aliphatic hydroxyl groups excluding tert-OH is 1. The predicted octanol–water partition coefficient (Wildman–Crippen LogP) is 2.55. The fraction of sp³-hybridized carbons (Fsp3) is 0.562. The van der Waals surface area contributed by atoms with E-state index in [2.05, 4.69) is 31.2 Å². The van der Waals surface area contributed by atoms with Crippen molar-refractivity contribution in [3.8, 4) is 0 Å². The molecule has 1 aromatic carbocycles. The molecule has 106 valence electrons. The molecule has 3 nitrogen and oxygen atoms in total. The summed E-state index contributed by atoms with van der Waals surface area (Å²) in [6, 6.07) is 8.34. The van der Waals surface area contributed by atoms with Gasteiger partial charge in [-0.05, 0) is 38.2 Å². The van der Waals surface area contributed by atoms with Crippen LogP contribution in [-0.2, 0) is 11.2 Å². The van der Waals surface area contributed by atoms with Crippen LogP contribution in [0.5, 0.6) is 0 Å². The van der Waals surface area contributed by atoms with Crippen LogP contribution >= 0.6 is 0 Å². The standard InChI is InChI=1S/C16H25NO2/c1-14-6-8-15(9-7-14)10-11-16(19)17(2)12-4-3-5-13-18/h6-9,18H,3-5,10-13H2,1-2H3. The second-order valence-corrected chi connectivity index (χ2v) is 5.09. The molecule has 0 radical (unpaired) electrons. The Kier molecular flexibility index (Phi) is 7.19. The smallest absolute Gasteiger partial charge is 0.222 e. The summed E-state index contributed by atoms with van der Waals surface area (Å²) in [5, 5.41) is 8.69. The van der Waals surface area contributed by atoms with Crippen LogP contribution in [0.4, 0.5) is 0 Å². The highest BCUT2D eigenvalue weighted by Crippen LogP contribution is 2.07. The molecule has 0 saturated carbocycles. The van der Waals surface area contributed by atoms with Gasteiger partial charge in [0.1, 0.15) is 0 Å². The molecule has 0 unspecified atom stereocenters. The van der Waals surface area contributed by atoms with Crippen molar-refractivity contribution < 1.29 is 9.90 Å². The van der Waals surface area contributed by atoms with E-state index in [1.165, 1.54) is 11.1 Å². The van der Waals surface area contributed by atoms with Gasteiger partial charge in [0, 0.05) is 26.6 Å². The Hall–Kier alpha value is -1.35. The summed E-state index contributed by atoms with van der Waals surface area (Å²) in [6.45, 7) is 3.09. The molecule has 19 heavy (non-hydrogen) atoms. The number of carbonyl (C=O) groups is 1. The molecule has 0 aliphatic carbocycles. The van der Waals surface area contributed by atoms with E-state index < -0.39 is 0 Å². The first kappa shape index (κ1) is 15.7. The van der Waals surface area contributed by atoms with E-state index in [9.17, 15) is 4.79 Å². The second kappa shape index (κ2) is 8.70.